The quantitative estimate of drug-likeness (QED) is 0.837. The number of nitrogens with one attached hydrogen (secondary N) is 1. The summed E-state index contributed by atoms with van der Waals surface area (Å²) in [7, 11) is 0. The summed E-state index contributed by atoms with van der Waals surface area (Å²) in [5.74, 6) is -0.0234. The molecule has 1 heterocycles. The van der Waals surface area contributed by atoms with Crippen LogP contribution in [-0.2, 0) is 4.79 Å². The Hall–Kier alpha value is -2.40. The van der Waals surface area contributed by atoms with Gasteiger partial charge in [-0.05, 0) is 42.8 Å². The van der Waals surface area contributed by atoms with Crippen LogP contribution in [0.5, 0.6) is 0 Å². The summed E-state index contributed by atoms with van der Waals surface area (Å²) >= 11 is 5.03. The van der Waals surface area contributed by atoms with Gasteiger partial charge in [-0.2, -0.15) is 0 Å². The summed E-state index contributed by atoms with van der Waals surface area (Å²) < 4.78 is 0. The zero-order valence-corrected chi connectivity index (χ0v) is 12.4. The maximum absolute atomic E-state index is 11.9. The molecule has 106 valence electrons. The van der Waals surface area contributed by atoms with E-state index >= 15 is 0 Å². The molecule has 5 heteroatoms. The summed E-state index contributed by atoms with van der Waals surface area (Å²) in [6.07, 6.45) is 0. The maximum Gasteiger partial charge on any atom is 0.244 e. The second kappa shape index (κ2) is 5.18. The lowest BCUT2D eigenvalue weighted by atomic mass is 10.1. The Morgan fingerprint density at radius 1 is 1.29 bits per heavy atom. The predicted molar refractivity (Wildman–Crippen MR) is 89.1 cm³/mol. The van der Waals surface area contributed by atoms with E-state index in [0.717, 1.165) is 28.2 Å². The molecule has 1 aliphatic heterocycles. The third-order valence-corrected chi connectivity index (χ3v) is 3.78. The number of fused-ring (bicyclic) bond motifs is 1. The van der Waals surface area contributed by atoms with Crippen molar-refractivity contribution in [1.29, 1.82) is 0 Å². The minimum atomic E-state index is -0.0234. The molecular formula is C16H15N3OS. The van der Waals surface area contributed by atoms with Gasteiger partial charge in [-0.15, -0.1) is 0 Å². The molecule has 1 amide bonds. The number of nitrogens with two attached hydrogens (primary N) is 1. The molecule has 0 atom stereocenters. The Kier molecular flexibility index (Phi) is 3.35. The number of hydrogen-bond donors (Lipinski definition) is 2. The van der Waals surface area contributed by atoms with Crippen LogP contribution in [0.15, 0.2) is 42.5 Å². The normalized spacial score (nSPS) is 13.6. The molecule has 0 bridgehead atoms. The van der Waals surface area contributed by atoms with Gasteiger partial charge in [0.15, 0.2) is 0 Å². The minimum absolute atomic E-state index is 0.0234. The highest BCUT2D eigenvalue weighted by molar-refractivity contribution is 7.80. The van der Waals surface area contributed by atoms with E-state index in [1.165, 1.54) is 0 Å². The van der Waals surface area contributed by atoms with E-state index in [1.807, 2.05) is 54.3 Å². The molecule has 0 spiro atoms. The summed E-state index contributed by atoms with van der Waals surface area (Å²) in [4.78, 5) is 14.3. The molecule has 0 saturated carbocycles. The van der Waals surface area contributed by atoms with Crippen LogP contribution in [0.25, 0.3) is 0 Å². The van der Waals surface area contributed by atoms with Gasteiger partial charge in [0.25, 0.3) is 0 Å². The van der Waals surface area contributed by atoms with Crippen molar-refractivity contribution in [3.8, 4) is 0 Å². The number of nitrogens with zero attached hydrogens (tertiary/aromatic N) is 1. The zero-order chi connectivity index (χ0) is 15.0. The third kappa shape index (κ3) is 2.48. The highest BCUT2D eigenvalue weighted by atomic mass is 32.1. The summed E-state index contributed by atoms with van der Waals surface area (Å²) in [6, 6.07) is 13.6. The lowest BCUT2D eigenvalue weighted by Gasteiger charge is -2.31. The fourth-order valence-electron chi connectivity index (χ4n) is 2.56. The lowest BCUT2D eigenvalue weighted by Crippen LogP contribution is -2.35. The Morgan fingerprint density at radius 3 is 2.76 bits per heavy atom. The summed E-state index contributed by atoms with van der Waals surface area (Å²) in [6.45, 7) is 2.26. The van der Waals surface area contributed by atoms with Crippen LogP contribution in [0.4, 0.5) is 17.1 Å². The number of hydrogen-bond acceptors (Lipinski definition) is 3. The predicted octanol–water partition coefficient (Wildman–Crippen LogP) is 2.72. The second-order valence-electron chi connectivity index (χ2n) is 5.01. The van der Waals surface area contributed by atoms with Crippen LogP contribution in [0, 0.1) is 6.92 Å². The molecule has 0 saturated heterocycles. The smallest absolute Gasteiger partial charge is 0.244 e. The molecule has 0 aliphatic carbocycles. The van der Waals surface area contributed by atoms with Crippen LogP contribution in [0.1, 0.15) is 11.1 Å². The fraction of sp³-hybridized carbons (Fsp3) is 0.125. The van der Waals surface area contributed by atoms with Crippen LogP contribution in [-0.4, -0.2) is 17.4 Å². The average Bonchev–Trinajstić information content (AvgIpc) is 2.45. The molecule has 0 aromatic heterocycles. The molecule has 2 aromatic carbocycles. The molecular weight excluding hydrogens is 282 g/mol. The van der Waals surface area contributed by atoms with Gasteiger partial charge in [-0.3, -0.25) is 4.79 Å². The van der Waals surface area contributed by atoms with Crippen LogP contribution < -0.4 is 16.0 Å². The summed E-state index contributed by atoms with van der Waals surface area (Å²) in [5, 5.41) is 2.88. The number of anilines is 3. The van der Waals surface area contributed by atoms with E-state index < -0.39 is 0 Å². The SMILES string of the molecule is Cc1cc(N2CC(=O)Nc3ccccc32)ccc1C(N)=S. The monoisotopic (exact) mass is 297 g/mol. The van der Waals surface area contributed by atoms with Crippen molar-refractivity contribution in [1.82, 2.24) is 0 Å². The molecule has 0 fully saturated rings. The first-order valence-corrected chi connectivity index (χ1v) is 7.04. The number of para-hydroxylation sites is 2. The van der Waals surface area contributed by atoms with Crippen molar-refractivity contribution in [2.45, 2.75) is 6.92 Å². The molecule has 1 aliphatic rings. The Balaban J connectivity index is 2.07. The van der Waals surface area contributed by atoms with Crippen molar-refractivity contribution < 1.29 is 4.79 Å². The molecule has 3 rings (SSSR count). The van der Waals surface area contributed by atoms with E-state index in [0.29, 0.717) is 11.5 Å². The van der Waals surface area contributed by atoms with Crippen LogP contribution in [0.3, 0.4) is 0 Å². The average molecular weight is 297 g/mol. The highest BCUT2D eigenvalue weighted by Crippen LogP contribution is 2.35. The van der Waals surface area contributed by atoms with Crippen molar-refractivity contribution in [3.05, 3.63) is 53.6 Å². The van der Waals surface area contributed by atoms with Crippen molar-refractivity contribution >= 4 is 40.2 Å². The lowest BCUT2D eigenvalue weighted by molar-refractivity contribution is -0.115. The summed E-state index contributed by atoms with van der Waals surface area (Å²) in [5.41, 5.74) is 10.3. The highest BCUT2D eigenvalue weighted by Gasteiger charge is 2.23. The second-order valence-corrected chi connectivity index (χ2v) is 5.45. The van der Waals surface area contributed by atoms with E-state index in [2.05, 4.69) is 5.32 Å². The van der Waals surface area contributed by atoms with Crippen LogP contribution in [0.2, 0.25) is 0 Å². The van der Waals surface area contributed by atoms with Crippen molar-refractivity contribution in [2.75, 3.05) is 16.8 Å². The molecule has 0 unspecified atom stereocenters. The van der Waals surface area contributed by atoms with Gasteiger partial charge in [0.1, 0.15) is 11.5 Å². The number of thiocarbonyl (C=S) groups is 1. The van der Waals surface area contributed by atoms with Gasteiger partial charge < -0.3 is 16.0 Å². The van der Waals surface area contributed by atoms with E-state index in [4.69, 9.17) is 18.0 Å². The Labute approximate surface area is 128 Å². The number of benzene rings is 2. The number of carbonyl (C=O) groups is 1. The zero-order valence-electron chi connectivity index (χ0n) is 11.6. The number of carbonyl (C=O) groups excluding carboxylic acids is 1. The standard InChI is InChI=1S/C16H15N3OS/c1-10-8-11(6-7-12(10)16(17)21)19-9-15(20)18-13-4-2-3-5-14(13)19/h2-8H,9H2,1H3,(H2,17,21)(H,18,20). The van der Waals surface area contributed by atoms with Gasteiger partial charge >= 0.3 is 0 Å². The fourth-order valence-corrected chi connectivity index (χ4v) is 2.78. The molecule has 2 aromatic rings. The van der Waals surface area contributed by atoms with Crippen LogP contribution >= 0.6 is 12.2 Å². The number of aryl methyl sites for hydroxylation is 1. The Morgan fingerprint density at radius 2 is 2.05 bits per heavy atom. The molecule has 0 radical (unpaired) electrons. The van der Waals surface area contributed by atoms with Gasteiger partial charge in [-0.1, -0.05) is 24.4 Å². The van der Waals surface area contributed by atoms with Crippen molar-refractivity contribution in [3.63, 3.8) is 0 Å². The molecule has 21 heavy (non-hydrogen) atoms. The van der Waals surface area contributed by atoms with Gasteiger partial charge in [0.05, 0.1) is 11.4 Å². The van der Waals surface area contributed by atoms with Gasteiger partial charge in [0.2, 0.25) is 5.91 Å². The first-order valence-electron chi connectivity index (χ1n) is 6.63. The van der Waals surface area contributed by atoms with Gasteiger partial charge in [-0.25, -0.2) is 0 Å². The minimum Gasteiger partial charge on any atom is -0.389 e. The largest absolute Gasteiger partial charge is 0.389 e. The first-order chi connectivity index (χ1) is 10.1. The first kappa shape index (κ1) is 13.6. The molecule has 3 N–H and O–H groups in total. The topological polar surface area (TPSA) is 58.4 Å². The van der Waals surface area contributed by atoms with Gasteiger partial charge in [0, 0.05) is 11.3 Å². The van der Waals surface area contributed by atoms with E-state index in [1.54, 1.807) is 0 Å². The van der Waals surface area contributed by atoms with E-state index in [9.17, 15) is 4.79 Å². The molecule has 4 nitrogen and oxygen atoms in total. The third-order valence-electron chi connectivity index (χ3n) is 3.56. The van der Waals surface area contributed by atoms with Crippen molar-refractivity contribution in [2.24, 2.45) is 5.73 Å². The number of amides is 1. The number of rotatable bonds is 2. The Bertz CT molecular complexity index is 742. The van der Waals surface area contributed by atoms with E-state index in [-0.39, 0.29) is 5.91 Å². The maximum atomic E-state index is 11.9.